The maximum atomic E-state index is 4.77. The summed E-state index contributed by atoms with van der Waals surface area (Å²) in [6, 6.07) is 16.5. The van der Waals surface area contributed by atoms with Crippen LogP contribution in [-0.4, -0.2) is 52.5 Å². The second-order valence-electron chi connectivity index (χ2n) is 6.75. The van der Waals surface area contributed by atoms with E-state index in [9.17, 15) is 0 Å². The van der Waals surface area contributed by atoms with Gasteiger partial charge < -0.3 is 0 Å². The molecule has 4 rings (SSSR count). The molecule has 1 aliphatic rings. The molecule has 0 radical (unpaired) electrons. The van der Waals surface area contributed by atoms with E-state index in [4.69, 9.17) is 4.98 Å². The molecule has 138 valence electrons. The minimum atomic E-state index is 0.928. The van der Waals surface area contributed by atoms with Crippen molar-refractivity contribution < 1.29 is 0 Å². The highest BCUT2D eigenvalue weighted by molar-refractivity contribution is 7.13. The van der Waals surface area contributed by atoms with Gasteiger partial charge in [0.1, 0.15) is 5.01 Å². The number of hydrogen-bond donors (Lipinski definition) is 0. The number of rotatable bonds is 6. The van der Waals surface area contributed by atoms with E-state index in [1.54, 1.807) is 11.3 Å². The van der Waals surface area contributed by atoms with Gasteiger partial charge in [-0.2, -0.15) is 0 Å². The van der Waals surface area contributed by atoms with Crippen LogP contribution in [0.4, 0.5) is 0 Å². The zero-order valence-corrected chi connectivity index (χ0v) is 16.2. The zero-order valence-electron chi connectivity index (χ0n) is 15.4. The first-order valence-electron chi connectivity index (χ1n) is 9.39. The molecule has 0 atom stereocenters. The summed E-state index contributed by atoms with van der Waals surface area (Å²) in [5.74, 6) is 0. The third-order valence-electron chi connectivity index (χ3n) is 4.76. The second kappa shape index (κ2) is 9.04. The lowest BCUT2D eigenvalue weighted by molar-refractivity contribution is 0.136. The third kappa shape index (κ3) is 5.10. The molecule has 1 fully saturated rings. The highest BCUT2D eigenvalue weighted by atomic mass is 32.1. The highest BCUT2D eigenvalue weighted by Crippen LogP contribution is 2.22. The van der Waals surface area contributed by atoms with E-state index < -0.39 is 0 Å². The monoisotopic (exact) mass is 376 g/mol. The van der Waals surface area contributed by atoms with Gasteiger partial charge in [0.2, 0.25) is 0 Å². The fraction of sp³-hybridized carbons (Fsp3) is 0.273. The summed E-state index contributed by atoms with van der Waals surface area (Å²) in [5.41, 5.74) is 3.38. The average molecular weight is 377 g/mol. The van der Waals surface area contributed by atoms with Crippen LogP contribution in [0.5, 0.6) is 0 Å². The van der Waals surface area contributed by atoms with Gasteiger partial charge in [0.15, 0.2) is 0 Å². The fourth-order valence-electron chi connectivity index (χ4n) is 3.25. The molecule has 0 saturated carbocycles. The molecular weight excluding hydrogens is 352 g/mol. The van der Waals surface area contributed by atoms with Gasteiger partial charge in [-0.1, -0.05) is 48.6 Å². The Kier molecular flexibility index (Phi) is 6.04. The molecule has 1 saturated heterocycles. The lowest BCUT2D eigenvalue weighted by Crippen LogP contribution is -2.45. The Labute approximate surface area is 164 Å². The maximum Gasteiger partial charge on any atom is 0.142 e. The second-order valence-corrected chi connectivity index (χ2v) is 7.61. The van der Waals surface area contributed by atoms with Crippen molar-refractivity contribution in [3.05, 3.63) is 77.4 Å². The fourth-order valence-corrected chi connectivity index (χ4v) is 4.03. The number of nitrogens with zero attached hydrogens (tertiary/aromatic N) is 4. The van der Waals surface area contributed by atoms with E-state index in [0.29, 0.717) is 0 Å². The summed E-state index contributed by atoms with van der Waals surface area (Å²) in [5, 5.41) is 3.18. The Morgan fingerprint density at radius 2 is 1.70 bits per heavy atom. The van der Waals surface area contributed by atoms with Gasteiger partial charge in [0.05, 0.1) is 11.4 Å². The van der Waals surface area contributed by atoms with E-state index in [1.165, 1.54) is 5.56 Å². The summed E-state index contributed by atoms with van der Waals surface area (Å²) in [6.07, 6.45) is 6.30. The van der Waals surface area contributed by atoms with Crippen molar-refractivity contribution in [2.24, 2.45) is 0 Å². The van der Waals surface area contributed by atoms with Gasteiger partial charge in [-0.25, -0.2) is 4.98 Å². The van der Waals surface area contributed by atoms with Crippen LogP contribution in [0.1, 0.15) is 11.3 Å². The molecule has 5 heteroatoms. The Balaban J connectivity index is 1.24. The lowest BCUT2D eigenvalue weighted by Gasteiger charge is -2.33. The number of aromatic nitrogens is 2. The van der Waals surface area contributed by atoms with Crippen LogP contribution in [0.15, 0.2) is 66.2 Å². The first-order chi connectivity index (χ1) is 13.4. The molecule has 1 aliphatic heterocycles. The Morgan fingerprint density at radius 1 is 0.926 bits per heavy atom. The minimum absolute atomic E-state index is 0.928. The molecule has 3 aromatic rings. The molecule has 0 unspecified atom stereocenters. The molecule has 0 aliphatic carbocycles. The Hall–Kier alpha value is -2.34. The molecule has 1 aromatic carbocycles. The number of piperazine rings is 1. The first-order valence-corrected chi connectivity index (χ1v) is 10.3. The summed E-state index contributed by atoms with van der Waals surface area (Å²) >= 11 is 1.68. The smallest absolute Gasteiger partial charge is 0.142 e. The normalized spacial score (nSPS) is 16.1. The van der Waals surface area contributed by atoms with Crippen molar-refractivity contribution in [3.8, 4) is 10.7 Å². The predicted molar refractivity (Wildman–Crippen MR) is 113 cm³/mol. The van der Waals surface area contributed by atoms with Crippen LogP contribution in [0, 0.1) is 0 Å². The van der Waals surface area contributed by atoms with Crippen molar-refractivity contribution in [2.75, 3.05) is 32.7 Å². The van der Waals surface area contributed by atoms with E-state index in [2.05, 4.69) is 62.6 Å². The largest absolute Gasteiger partial charge is 0.297 e. The van der Waals surface area contributed by atoms with E-state index in [1.807, 2.05) is 24.4 Å². The van der Waals surface area contributed by atoms with Gasteiger partial charge in [-0.3, -0.25) is 14.8 Å². The van der Waals surface area contributed by atoms with Gasteiger partial charge >= 0.3 is 0 Å². The van der Waals surface area contributed by atoms with Gasteiger partial charge in [0, 0.05) is 50.8 Å². The topological polar surface area (TPSA) is 32.3 Å². The van der Waals surface area contributed by atoms with Crippen molar-refractivity contribution in [1.29, 1.82) is 0 Å². The SMILES string of the molecule is C(=C\c1ccccc1)/CN1CCN(Cc2csc(-c3ccccn3)n2)CC1. The molecule has 0 bridgehead atoms. The summed E-state index contributed by atoms with van der Waals surface area (Å²) < 4.78 is 0. The first kappa shape index (κ1) is 18.0. The van der Waals surface area contributed by atoms with E-state index in [0.717, 1.165) is 55.7 Å². The number of thiazole rings is 1. The molecule has 0 N–H and O–H groups in total. The summed E-state index contributed by atoms with van der Waals surface area (Å²) in [7, 11) is 0. The quantitative estimate of drug-likeness (QED) is 0.650. The molecule has 0 spiro atoms. The van der Waals surface area contributed by atoms with Crippen molar-refractivity contribution >= 4 is 17.4 Å². The number of pyridine rings is 1. The minimum Gasteiger partial charge on any atom is -0.297 e. The molecule has 0 amide bonds. The molecule has 4 nitrogen and oxygen atoms in total. The molecular formula is C22H24N4S. The molecule has 3 heterocycles. The van der Waals surface area contributed by atoms with Crippen LogP contribution < -0.4 is 0 Å². The van der Waals surface area contributed by atoms with Crippen LogP contribution in [0.3, 0.4) is 0 Å². The number of benzene rings is 1. The van der Waals surface area contributed by atoms with Crippen molar-refractivity contribution in [1.82, 2.24) is 19.8 Å². The Bertz CT molecular complexity index is 852. The predicted octanol–water partition coefficient (Wildman–Crippen LogP) is 4.04. The van der Waals surface area contributed by atoms with Crippen LogP contribution >= 0.6 is 11.3 Å². The van der Waals surface area contributed by atoms with E-state index >= 15 is 0 Å². The van der Waals surface area contributed by atoms with Crippen molar-refractivity contribution in [2.45, 2.75) is 6.54 Å². The van der Waals surface area contributed by atoms with E-state index in [-0.39, 0.29) is 0 Å². The third-order valence-corrected chi connectivity index (χ3v) is 5.67. The van der Waals surface area contributed by atoms with Crippen LogP contribution in [0.2, 0.25) is 0 Å². The van der Waals surface area contributed by atoms with Crippen molar-refractivity contribution in [3.63, 3.8) is 0 Å². The van der Waals surface area contributed by atoms with Gasteiger partial charge in [0.25, 0.3) is 0 Å². The van der Waals surface area contributed by atoms with Gasteiger partial charge in [-0.15, -0.1) is 11.3 Å². The molecule has 27 heavy (non-hydrogen) atoms. The van der Waals surface area contributed by atoms with Crippen LogP contribution in [-0.2, 0) is 6.54 Å². The highest BCUT2D eigenvalue weighted by Gasteiger charge is 2.17. The standard InChI is InChI=1S/C22H24N4S/c1-2-7-19(8-3-1)9-6-12-25-13-15-26(16-14-25)17-20-18-27-22(24-20)21-10-4-5-11-23-21/h1-11,18H,12-17H2/b9-6+. The number of hydrogen-bond acceptors (Lipinski definition) is 5. The summed E-state index contributed by atoms with van der Waals surface area (Å²) in [4.78, 5) is 14.2. The van der Waals surface area contributed by atoms with Gasteiger partial charge in [-0.05, 0) is 17.7 Å². The lowest BCUT2D eigenvalue weighted by atomic mass is 10.2. The average Bonchev–Trinajstić information content (AvgIpc) is 3.19. The zero-order chi connectivity index (χ0) is 18.3. The maximum absolute atomic E-state index is 4.77. The summed E-state index contributed by atoms with van der Waals surface area (Å²) in [6.45, 7) is 6.35. The van der Waals surface area contributed by atoms with Crippen LogP contribution in [0.25, 0.3) is 16.8 Å². The molecule has 2 aromatic heterocycles. The Morgan fingerprint density at radius 3 is 2.48 bits per heavy atom.